The molecule has 0 aliphatic heterocycles. The first-order chi connectivity index (χ1) is 16.2. The molecule has 34 heavy (non-hydrogen) atoms. The Morgan fingerprint density at radius 2 is 2.00 bits per heavy atom. The Kier molecular flexibility index (Phi) is 6.74. The minimum absolute atomic E-state index is 0.163. The zero-order chi connectivity index (χ0) is 24.3. The van der Waals surface area contributed by atoms with Crippen LogP contribution in [0.3, 0.4) is 0 Å². The number of benzene rings is 1. The van der Waals surface area contributed by atoms with Crippen LogP contribution < -0.4 is 10.6 Å². The fraction of sp³-hybridized carbons (Fsp3) is 0.263. The van der Waals surface area contributed by atoms with Gasteiger partial charge in [-0.15, -0.1) is 0 Å². The van der Waals surface area contributed by atoms with Crippen LogP contribution in [0.5, 0.6) is 0 Å². The van der Waals surface area contributed by atoms with Gasteiger partial charge >= 0.3 is 21.1 Å². The highest BCUT2D eigenvalue weighted by atomic mass is 31.2. The molecule has 3 heterocycles. The lowest BCUT2D eigenvalue weighted by molar-refractivity contribution is 0.168. The predicted octanol–water partition coefficient (Wildman–Crippen LogP) is 2.27. The SMILES string of the molecule is CCn1cnc2c(Nc3ccc(C(O)([PH+]=O)P(=O)(O)O)cc3)nc(NCCc3cnc[nH]3)nc21. The van der Waals surface area contributed by atoms with Crippen LogP contribution in [0, 0.1) is 0 Å². The van der Waals surface area contributed by atoms with Crippen molar-refractivity contribution in [2.75, 3.05) is 17.2 Å². The Morgan fingerprint density at radius 3 is 2.62 bits per heavy atom. The molecule has 178 valence electrons. The quantitative estimate of drug-likeness (QED) is 0.173. The van der Waals surface area contributed by atoms with Crippen molar-refractivity contribution in [3.8, 4) is 0 Å². The molecule has 2 unspecified atom stereocenters. The summed E-state index contributed by atoms with van der Waals surface area (Å²) in [6.07, 6.45) is 5.72. The predicted molar refractivity (Wildman–Crippen MR) is 126 cm³/mol. The van der Waals surface area contributed by atoms with Gasteiger partial charge in [0.15, 0.2) is 17.0 Å². The van der Waals surface area contributed by atoms with Gasteiger partial charge in [-0.1, -0.05) is 4.57 Å². The molecule has 0 fully saturated rings. The highest BCUT2D eigenvalue weighted by Crippen LogP contribution is 2.61. The van der Waals surface area contributed by atoms with E-state index in [2.05, 4.69) is 35.6 Å². The number of hydrogen-bond donors (Lipinski definition) is 6. The maximum absolute atomic E-state index is 11.6. The van der Waals surface area contributed by atoms with E-state index in [-0.39, 0.29) is 5.56 Å². The molecule has 0 bridgehead atoms. The molecule has 15 heteroatoms. The van der Waals surface area contributed by atoms with Gasteiger partial charge in [-0.25, -0.2) is 9.97 Å². The van der Waals surface area contributed by atoms with Crippen molar-refractivity contribution < 1.29 is 24.0 Å². The number of imidazole rings is 2. The minimum Gasteiger partial charge on any atom is -0.354 e. The van der Waals surface area contributed by atoms with Crippen molar-refractivity contribution in [1.29, 1.82) is 0 Å². The van der Waals surface area contributed by atoms with Gasteiger partial charge in [0.25, 0.3) is 0 Å². The van der Waals surface area contributed by atoms with E-state index in [4.69, 9.17) is 0 Å². The Labute approximate surface area is 195 Å². The number of rotatable bonds is 10. The lowest BCUT2D eigenvalue weighted by Crippen LogP contribution is -2.18. The minimum atomic E-state index is -5.07. The van der Waals surface area contributed by atoms with Crippen LogP contribution in [0.25, 0.3) is 11.2 Å². The molecule has 0 amide bonds. The molecule has 3 aromatic heterocycles. The van der Waals surface area contributed by atoms with Crippen molar-refractivity contribution in [2.24, 2.45) is 0 Å². The molecule has 0 saturated heterocycles. The summed E-state index contributed by atoms with van der Waals surface area (Å²) in [5, 5.41) is 13.8. The van der Waals surface area contributed by atoms with E-state index in [1.165, 1.54) is 24.3 Å². The summed E-state index contributed by atoms with van der Waals surface area (Å²) in [5.41, 5.74) is 2.49. The second-order valence-corrected chi connectivity index (χ2v) is 10.5. The van der Waals surface area contributed by atoms with Crippen LogP contribution in [-0.4, -0.2) is 50.9 Å². The summed E-state index contributed by atoms with van der Waals surface area (Å²) in [5.74, 6) is 0.815. The highest BCUT2D eigenvalue weighted by molar-refractivity contribution is 7.62. The van der Waals surface area contributed by atoms with E-state index in [9.17, 15) is 24.0 Å². The maximum Gasteiger partial charge on any atom is 0.412 e. The summed E-state index contributed by atoms with van der Waals surface area (Å²) >= 11 is 0. The molecular formula is C19H23N8O5P2+. The molecule has 0 aliphatic rings. The molecule has 0 spiro atoms. The Morgan fingerprint density at radius 1 is 1.24 bits per heavy atom. The second-order valence-electron chi connectivity index (χ2n) is 7.37. The van der Waals surface area contributed by atoms with Crippen molar-refractivity contribution in [3.63, 3.8) is 0 Å². The summed E-state index contributed by atoms with van der Waals surface area (Å²) < 4.78 is 24.9. The van der Waals surface area contributed by atoms with Gasteiger partial charge < -0.3 is 35.1 Å². The molecule has 13 nitrogen and oxygen atoms in total. The van der Waals surface area contributed by atoms with Crippen molar-refractivity contribution in [2.45, 2.75) is 25.0 Å². The zero-order valence-electron chi connectivity index (χ0n) is 18.0. The first-order valence-electron chi connectivity index (χ1n) is 10.2. The van der Waals surface area contributed by atoms with Crippen LogP contribution >= 0.6 is 16.1 Å². The van der Waals surface area contributed by atoms with Crippen LogP contribution in [0.2, 0.25) is 0 Å². The highest BCUT2D eigenvalue weighted by Gasteiger charge is 2.56. The van der Waals surface area contributed by atoms with E-state index < -0.39 is 21.1 Å². The monoisotopic (exact) mass is 505 g/mol. The number of aliphatic hydroxyl groups is 1. The third-order valence-corrected chi connectivity index (χ3v) is 7.97. The molecular weight excluding hydrogens is 482 g/mol. The van der Waals surface area contributed by atoms with Gasteiger partial charge in [0.2, 0.25) is 5.95 Å². The van der Waals surface area contributed by atoms with E-state index in [0.29, 0.717) is 48.1 Å². The zero-order valence-corrected chi connectivity index (χ0v) is 19.9. The first-order valence-corrected chi connectivity index (χ1v) is 12.8. The Hall–Kier alpha value is -3.21. The molecule has 6 N–H and O–H groups in total. The fourth-order valence-corrected chi connectivity index (χ4v) is 4.53. The number of aromatic nitrogens is 6. The number of aryl methyl sites for hydroxylation is 1. The van der Waals surface area contributed by atoms with E-state index >= 15 is 0 Å². The average molecular weight is 505 g/mol. The molecule has 4 aromatic rings. The number of hydrogen-bond acceptors (Lipinski definition) is 9. The Balaban J connectivity index is 1.61. The largest absolute Gasteiger partial charge is 0.412 e. The smallest absolute Gasteiger partial charge is 0.354 e. The number of H-pyrrole nitrogens is 1. The molecule has 2 atom stereocenters. The summed E-state index contributed by atoms with van der Waals surface area (Å²) in [6, 6.07) is 5.57. The van der Waals surface area contributed by atoms with Gasteiger partial charge in [-0.3, -0.25) is 4.57 Å². The third kappa shape index (κ3) is 4.70. The van der Waals surface area contributed by atoms with Crippen LogP contribution in [-0.2, 0) is 27.2 Å². The first kappa shape index (κ1) is 23.9. The van der Waals surface area contributed by atoms with Crippen LogP contribution in [0.4, 0.5) is 17.5 Å². The van der Waals surface area contributed by atoms with E-state index in [1.807, 2.05) is 11.5 Å². The number of nitrogens with zero attached hydrogens (tertiary/aromatic N) is 5. The number of anilines is 3. The summed E-state index contributed by atoms with van der Waals surface area (Å²) in [7, 11) is -6.72. The second kappa shape index (κ2) is 9.57. The lowest BCUT2D eigenvalue weighted by atomic mass is 10.2. The number of nitrogens with one attached hydrogen (secondary N) is 3. The summed E-state index contributed by atoms with van der Waals surface area (Å²) in [6.45, 7) is 3.20. The molecule has 0 saturated carbocycles. The lowest BCUT2D eigenvalue weighted by Gasteiger charge is -2.16. The Bertz CT molecular complexity index is 1340. The van der Waals surface area contributed by atoms with Gasteiger partial charge in [-0.05, 0) is 31.2 Å². The van der Waals surface area contributed by atoms with Crippen molar-refractivity contribution in [3.05, 3.63) is 54.4 Å². The number of aromatic amines is 1. The third-order valence-electron chi connectivity index (χ3n) is 5.15. The molecule has 0 aliphatic carbocycles. The van der Waals surface area contributed by atoms with Gasteiger partial charge in [0.05, 0.1) is 12.7 Å². The van der Waals surface area contributed by atoms with Gasteiger partial charge in [-0.2, -0.15) is 9.97 Å². The normalized spacial score (nSPS) is 13.8. The van der Waals surface area contributed by atoms with Gasteiger partial charge in [0.1, 0.15) is 0 Å². The van der Waals surface area contributed by atoms with Crippen LogP contribution in [0.1, 0.15) is 18.2 Å². The van der Waals surface area contributed by atoms with E-state index in [1.54, 1.807) is 18.9 Å². The maximum atomic E-state index is 11.6. The van der Waals surface area contributed by atoms with Crippen molar-refractivity contribution in [1.82, 2.24) is 29.5 Å². The average Bonchev–Trinajstić information content (AvgIpc) is 3.48. The molecule has 1 aromatic carbocycles. The topological polar surface area (TPSA) is 191 Å². The van der Waals surface area contributed by atoms with Crippen molar-refractivity contribution >= 4 is 44.7 Å². The van der Waals surface area contributed by atoms with Crippen LogP contribution in [0.15, 0.2) is 43.1 Å². The fourth-order valence-electron chi connectivity index (χ4n) is 3.28. The molecule has 4 rings (SSSR count). The molecule has 0 radical (unpaired) electrons. The van der Waals surface area contributed by atoms with E-state index in [0.717, 1.165) is 5.69 Å². The standard InChI is InChI=1S/C19H22N8O5P2/c1-2-27-11-23-15-16(25-18(26-17(15)27)21-8-7-14-9-20-10-22-14)24-13-5-3-12(4-6-13)19(28,33-29)34(30,31)32/h3-6,9-11,28H,2,7-8H2,1H3,(H,20,22)(H2,30,31,32)(H2,21,24,25,26)/p+1. The van der Waals surface area contributed by atoms with Gasteiger partial charge in [0, 0.05) is 42.7 Å². The number of fused-ring (bicyclic) bond motifs is 1. The summed E-state index contributed by atoms with van der Waals surface area (Å²) in [4.78, 5) is 39.4.